The number of halogens is 10. The molecular weight excluding hydrogens is 992 g/mol. The lowest BCUT2D eigenvalue weighted by molar-refractivity contribution is -0.138. The number of alkyl halides is 6. The Bertz CT molecular complexity index is 2740. The van der Waals surface area contributed by atoms with E-state index in [-0.39, 0.29) is 65.3 Å². The SMILES string of the molecule is CC(=O)C(N=Nc1cc(C(=O)Nc2cc(C(F)(F)F)ccc2Cl)ccc1Cl)C(=O)Nc1cc(C)c(NC(=O)C(N=Nc2cc(C(=O)Nc3cc(C(F)(F)F)ccc3Cl)ccc2Cl)C(C)=O)cc1C. The average Bonchev–Trinajstić information content (AvgIpc) is 3.24. The van der Waals surface area contributed by atoms with Crippen LogP contribution in [0, 0.1) is 13.8 Å². The van der Waals surface area contributed by atoms with Crippen LogP contribution in [0.5, 0.6) is 0 Å². The van der Waals surface area contributed by atoms with Gasteiger partial charge < -0.3 is 21.3 Å². The fourth-order valence-corrected chi connectivity index (χ4v) is 6.45. The zero-order valence-corrected chi connectivity index (χ0v) is 38.3. The smallest absolute Gasteiger partial charge is 0.324 e. The van der Waals surface area contributed by atoms with E-state index in [2.05, 4.69) is 41.7 Å². The zero-order chi connectivity index (χ0) is 50.4. The Morgan fingerprint density at radius 3 is 1.13 bits per heavy atom. The van der Waals surface area contributed by atoms with Crippen LogP contribution in [-0.2, 0) is 31.5 Å². The zero-order valence-electron chi connectivity index (χ0n) is 35.3. The van der Waals surface area contributed by atoms with E-state index >= 15 is 0 Å². The molecule has 0 bridgehead atoms. The van der Waals surface area contributed by atoms with Gasteiger partial charge in [-0.05, 0) is 124 Å². The van der Waals surface area contributed by atoms with Crippen molar-refractivity contribution in [1.82, 2.24) is 0 Å². The van der Waals surface area contributed by atoms with Gasteiger partial charge in [-0.1, -0.05) is 46.4 Å². The molecule has 0 aliphatic heterocycles. The van der Waals surface area contributed by atoms with E-state index in [9.17, 15) is 55.1 Å². The summed E-state index contributed by atoms with van der Waals surface area (Å²) in [6.07, 6.45) is -9.42. The molecule has 0 saturated carbocycles. The standard InChI is InChI=1S/C44H32Cl4F6N8O6/c1-19-13-32(56-42(68)38(22(4)64)62-60-36-16-24(6-10-30(36)48)40(66)58-34-18-26(44(52,53)54)8-12-28(34)46)20(2)14-31(19)55-41(67)37(21(3)63)61-59-35-15-23(5-9-29(35)47)39(65)57-33-17-25(43(49,50)51)7-11-27(33)45/h5-18,37-38H,1-4H3,(H,55,67)(H,56,68)(H,57,65)(H,58,66). The largest absolute Gasteiger partial charge is 0.416 e. The first-order valence-electron chi connectivity index (χ1n) is 19.2. The van der Waals surface area contributed by atoms with Gasteiger partial charge in [-0.25, -0.2) is 0 Å². The van der Waals surface area contributed by atoms with Crippen LogP contribution < -0.4 is 21.3 Å². The summed E-state index contributed by atoms with van der Waals surface area (Å²) in [6.45, 7) is 5.23. The predicted molar refractivity (Wildman–Crippen MR) is 243 cm³/mol. The van der Waals surface area contributed by atoms with E-state index in [0.717, 1.165) is 50.2 Å². The molecule has 2 unspecified atom stereocenters. The van der Waals surface area contributed by atoms with Gasteiger partial charge >= 0.3 is 12.4 Å². The molecule has 0 radical (unpaired) electrons. The molecule has 0 aromatic heterocycles. The van der Waals surface area contributed by atoms with Crippen molar-refractivity contribution in [3.8, 4) is 0 Å². The van der Waals surface area contributed by atoms with Crippen LogP contribution in [0.4, 0.5) is 60.5 Å². The highest BCUT2D eigenvalue weighted by Gasteiger charge is 2.33. The second-order valence-electron chi connectivity index (χ2n) is 14.5. The molecule has 0 fully saturated rings. The number of hydrogen-bond acceptors (Lipinski definition) is 10. The van der Waals surface area contributed by atoms with E-state index in [1.54, 1.807) is 13.8 Å². The second-order valence-corrected chi connectivity index (χ2v) is 16.2. The third-order valence-corrected chi connectivity index (χ3v) is 10.7. The minimum Gasteiger partial charge on any atom is -0.324 e. The molecule has 14 nitrogen and oxygen atoms in total. The summed E-state index contributed by atoms with van der Waals surface area (Å²) in [5.41, 5.74) is -2.33. The Morgan fingerprint density at radius 2 is 0.809 bits per heavy atom. The number of amides is 4. The van der Waals surface area contributed by atoms with Gasteiger partial charge in [0.2, 0.25) is 12.1 Å². The molecule has 0 heterocycles. The number of ketones is 2. The normalized spacial score (nSPS) is 12.7. The number of carbonyl (C=O) groups excluding carboxylic acids is 6. The first-order chi connectivity index (χ1) is 31.7. The highest BCUT2D eigenvalue weighted by molar-refractivity contribution is 6.35. The highest BCUT2D eigenvalue weighted by Crippen LogP contribution is 2.37. The van der Waals surface area contributed by atoms with Crippen LogP contribution in [0.3, 0.4) is 0 Å². The first kappa shape index (κ1) is 52.2. The van der Waals surface area contributed by atoms with Crippen LogP contribution in [0.15, 0.2) is 105 Å². The number of anilines is 4. The maximum absolute atomic E-state index is 13.4. The van der Waals surface area contributed by atoms with Gasteiger partial charge in [0, 0.05) is 22.5 Å². The molecule has 24 heteroatoms. The molecule has 0 aliphatic rings. The van der Waals surface area contributed by atoms with Gasteiger partial charge in [0.15, 0.2) is 11.6 Å². The lowest BCUT2D eigenvalue weighted by atomic mass is 10.1. The molecule has 4 N–H and O–H groups in total. The Kier molecular flexibility index (Phi) is 16.5. The van der Waals surface area contributed by atoms with Crippen molar-refractivity contribution in [1.29, 1.82) is 0 Å². The van der Waals surface area contributed by atoms with Crippen LogP contribution in [0.1, 0.15) is 56.8 Å². The van der Waals surface area contributed by atoms with Crippen molar-refractivity contribution in [3.05, 3.63) is 138 Å². The van der Waals surface area contributed by atoms with E-state index in [4.69, 9.17) is 46.4 Å². The average molecular weight is 1020 g/mol. The molecule has 0 spiro atoms. The number of rotatable bonds is 14. The van der Waals surface area contributed by atoms with E-state index in [1.165, 1.54) is 36.4 Å². The minimum atomic E-state index is -4.71. The lowest BCUT2D eigenvalue weighted by Gasteiger charge is -2.16. The molecule has 2 atom stereocenters. The van der Waals surface area contributed by atoms with Gasteiger partial charge in [-0.2, -0.15) is 46.8 Å². The van der Waals surface area contributed by atoms with E-state index < -0.39 is 70.8 Å². The van der Waals surface area contributed by atoms with Gasteiger partial charge in [-0.3, -0.25) is 28.8 Å². The summed E-state index contributed by atoms with van der Waals surface area (Å²) in [7, 11) is 0. The Labute approximate surface area is 401 Å². The molecule has 5 aromatic rings. The number of hydrogen-bond donors (Lipinski definition) is 4. The molecule has 5 rings (SSSR count). The number of Topliss-reactive ketones (excluding diaryl/α,β-unsaturated/α-hetero) is 2. The van der Waals surface area contributed by atoms with Crippen molar-refractivity contribution in [3.63, 3.8) is 0 Å². The van der Waals surface area contributed by atoms with Gasteiger partial charge in [0.1, 0.15) is 11.4 Å². The molecular formula is C44H32Cl4F6N8O6. The molecule has 68 heavy (non-hydrogen) atoms. The summed E-state index contributed by atoms with van der Waals surface area (Å²) in [6, 6.07) is 11.3. The van der Waals surface area contributed by atoms with Crippen LogP contribution >= 0.6 is 46.4 Å². The summed E-state index contributed by atoms with van der Waals surface area (Å²) < 4.78 is 79.5. The van der Waals surface area contributed by atoms with Crippen LogP contribution in [0.2, 0.25) is 20.1 Å². The van der Waals surface area contributed by atoms with Gasteiger partial charge in [0.05, 0.1) is 42.6 Å². The summed E-state index contributed by atoms with van der Waals surface area (Å²) in [5, 5.41) is 24.7. The van der Waals surface area contributed by atoms with E-state index in [0.29, 0.717) is 23.3 Å². The molecule has 5 aromatic carbocycles. The molecule has 4 amide bonds. The fraction of sp³-hybridized carbons (Fsp3) is 0.182. The quantitative estimate of drug-likeness (QED) is 0.0484. The van der Waals surface area contributed by atoms with E-state index in [1.807, 2.05) is 0 Å². The predicted octanol–water partition coefficient (Wildman–Crippen LogP) is 12.8. The number of carbonyl (C=O) groups is 6. The van der Waals surface area contributed by atoms with Crippen molar-refractivity contribution in [2.24, 2.45) is 20.5 Å². The number of nitrogens with one attached hydrogen (secondary N) is 4. The van der Waals surface area contributed by atoms with Crippen molar-refractivity contribution in [2.75, 3.05) is 21.3 Å². The maximum atomic E-state index is 13.4. The highest BCUT2D eigenvalue weighted by atomic mass is 35.5. The Hall–Kier alpha value is -6.74. The summed E-state index contributed by atoms with van der Waals surface area (Å²) >= 11 is 24.5. The number of aryl methyl sites for hydroxylation is 2. The Balaban J connectivity index is 1.27. The topological polar surface area (TPSA) is 200 Å². The molecule has 0 saturated heterocycles. The Morgan fingerprint density at radius 1 is 0.471 bits per heavy atom. The lowest BCUT2D eigenvalue weighted by Crippen LogP contribution is -2.32. The monoisotopic (exact) mass is 1020 g/mol. The third-order valence-electron chi connectivity index (χ3n) is 9.42. The minimum absolute atomic E-state index is 0.0636. The number of azo groups is 2. The fourth-order valence-electron chi connectivity index (χ4n) is 5.81. The number of benzene rings is 5. The maximum Gasteiger partial charge on any atom is 0.416 e. The summed E-state index contributed by atoms with van der Waals surface area (Å²) in [4.78, 5) is 78.0. The van der Waals surface area contributed by atoms with Gasteiger partial charge in [0.25, 0.3) is 23.6 Å². The van der Waals surface area contributed by atoms with Crippen LogP contribution in [-0.4, -0.2) is 47.3 Å². The van der Waals surface area contributed by atoms with Crippen molar-refractivity contribution in [2.45, 2.75) is 52.1 Å². The first-order valence-corrected chi connectivity index (χ1v) is 20.8. The third kappa shape index (κ3) is 13.2. The van der Waals surface area contributed by atoms with Crippen LogP contribution in [0.25, 0.3) is 0 Å². The molecule has 354 valence electrons. The summed E-state index contributed by atoms with van der Waals surface area (Å²) in [5.74, 6) is -5.18. The number of nitrogens with zero attached hydrogens (tertiary/aromatic N) is 4. The molecule has 0 aliphatic carbocycles. The van der Waals surface area contributed by atoms with Crippen molar-refractivity contribution < 1.29 is 55.1 Å². The van der Waals surface area contributed by atoms with Gasteiger partial charge in [-0.15, -0.1) is 0 Å². The van der Waals surface area contributed by atoms with Crippen molar-refractivity contribution >= 4 is 116 Å². The second kappa shape index (κ2) is 21.5.